The van der Waals surface area contributed by atoms with Crippen molar-refractivity contribution in [3.63, 3.8) is 0 Å². The van der Waals surface area contributed by atoms with Crippen molar-refractivity contribution in [1.29, 1.82) is 0 Å². The number of benzene rings is 5. The van der Waals surface area contributed by atoms with Gasteiger partial charge in [-0.05, 0) is 71.4 Å². The standard InChI is InChI=1S/C25H14/c1-3-15-5-7-17-9-11-19-12-10-18-8-6-16-4-2-14(1)13-20-21(15)23(17)25(19)24(18)22(16)20/h1-12H,13H2. The van der Waals surface area contributed by atoms with Gasteiger partial charge in [0.2, 0.25) is 0 Å². The molecule has 0 spiro atoms. The van der Waals surface area contributed by atoms with Crippen LogP contribution in [0.5, 0.6) is 0 Å². The fourth-order valence-electron chi connectivity index (χ4n) is 5.08. The molecular weight excluding hydrogens is 300 g/mol. The van der Waals surface area contributed by atoms with Crippen molar-refractivity contribution in [2.45, 2.75) is 6.42 Å². The van der Waals surface area contributed by atoms with Crippen molar-refractivity contribution in [3.8, 4) is 0 Å². The zero-order valence-electron chi connectivity index (χ0n) is 13.6. The summed E-state index contributed by atoms with van der Waals surface area (Å²) in [5.41, 5.74) is 4.27. The van der Waals surface area contributed by atoms with Gasteiger partial charge in [-0.15, -0.1) is 0 Å². The molecule has 0 unspecified atom stereocenters. The average Bonchev–Trinajstić information content (AvgIpc) is 2.96. The van der Waals surface area contributed by atoms with Crippen LogP contribution in [0.2, 0.25) is 0 Å². The Balaban J connectivity index is 2.02. The molecule has 0 fully saturated rings. The molecule has 5 aromatic rings. The van der Waals surface area contributed by atoms with E-state index < -0.39 is 0 Å². The van der Waals surface area contributed by atoms with Crippen LogP contribution in [-0.4, -0.2) is 0 Å². The number of fused-ring (bicyclic) bond motifs is 1. The highest BCUT2D eigenvalue weighted by Gasteiger charge is 2.21. The first-order chi connectivity index (χ1) is 12.4. The third-order valence-corrected chi connectivity index (χ3v) is 6.15. The van der Waals surface area contributed by atoms with Crippen LogP contribution in [0.1, 0.15) is 11.1 Å². The molecular formula is C25H14. The maximum atomic E-state index is 2.30. The maximum Gasteiger partial charge on any atom is -0.00130 e. The van der Waals surface area contributed by atoms with E-state index in [0.717, 1.165) is 6.42 Å². The molecule has 114 valence electrons. The van der Waals surface area contributed by atoms with Gasteiger partial charge >= 0.3 is 0 Å². The fourth-order valence-corrected chi connectivity index (χ4v) is 5.08. The molecule has 0 saturated heterocycles. The molecule has 2 bridgehead atoms. The predicted octanol–water partition coefficient (Wildman–Crippen LogP) is 5.75. The van der Waals surface area contributed by atoms with Crippen LogP contribution >= 0.6 is 0 Å². The molecule has 0 nitrogen and oxygen atoms in total. The summed E-state index contributed by atoms with van der Waals surface area (Å²) in [4.78, 5) is 0. The number of hydrogen-bond donors (Lipinski definition) is 0. The highest BCUT2D eigenvalue weighted by atomic mass is 14.2. The van der Waals surface area contributed by atoms with Gasteiger partial charge in [0, 0.05) is 0 Å². The zero-order valence-corrected chi connectivity index (χ0v) is 13.6. The highest BCUT2D eigenvalue weighted by molar-refractivity contribution is 6.33. The van der Waals surface area contributed by atoms with Gasteiger partial charge in [-0.25, -0.2) is 0 Å². The first-order valence-corrected chi connectivity index (χ1v) is 8.92. The first-order valence-electron chi connectivity index (χ1n) is 8.92. The molecule has 7 rings (SSSR count). The molecule has 0 aromatic heterocycles. The van der Waals surface area contributed by atoms with Gasteiger partial charge in [-0.3, -0.25) is 0 Å². The van der Waals surface area contributed by atoms with Gasteiger partial charge in [0.25, 0.3) is 0 Å². The third-order valence-electron chi connectivity index (χ3n) is 6.15. The number of hydrogen-bond acceptors (Lipinski definition) is 0. The molecule has 0 atom stereocenters. The van der Waals surface area contributed by atoms with E-state index in [0.29, 0.717) is 0 Å². The summed E-state index contributed by atoms with van der Waals surface area (Å²) in [7, 11) is 0. The monoisotopic (exact) mass is 314 g/mol. The largest absolute Gasteiger partial charge is 0.0581 e. The third kappa shape index (κ3) is 1.33. The quantitative estimate of drug-likeness (QED) is 0.252. The van der Waals surface area contributed by atoms with Crippen molar-refractivity contribution in [2.75, 3.05) is 0 Å². The van der Waals surface area contributed by atoms with Crippen LogP contribution in [0.3, 0.4) is 0 Å². The molecule has 0 amide bonds. The second-order valence-corrected chi connectivity index (χ2v) is 7.38. The molecule has 2 aliphatic carbocycles. The minimum Gasteiger partial charge on any atom is -0.0581 e. The molecule has 25 heavy (non-hydrogen) atoms. The highest BCUT2D eigenvalue weighted by Crippen LogP contribution is 2.44. The maximum absolute atomic E-state index is 2.30. The Morgan fingerprint density at radius 2 is 1.16 bits per heavy atom. The lowest BCUT2D eigenvalue weighted by atomic mass is 9.84. The smallest absolute Gasteiger partial charge is 0.00130 e. The SMILES string of the molecule is C1=Cc2ccc3ccc4ccc5ccc6c7c(c2c3c4c57)CC1=CC=6. The molecule has 0 heteroatoms. The van der Waals surface area contributed by atoms with Gasteiger partial charge in [0.1, 0.15) is 0 Å². The summed E-state index contributed by atoms with van der Waals surface area (Å²) in [5, 5.41) is 12.7. The summed E-state index contributed by atoms with van der Waals surface area (Å²) >= 11 is 0. The minimum absolute atomic E-state index is 1.02. The molecule has 0 aliphatic heterocycles. The van der Waals surface area contributed by atoms with Gasteiger partial charge in [-0.1, -0.05) is 72.8 Å². The van der Waals surface area contributed by atoms with Crippen LogP contribution in [0.15, 0.2) is 66.3 Å². The van der Waals surface area contributed by atoms with E-state index in [1.165, 1.54) is 65.0 Å². The Hall–Kier alpha value is -3.12. The summed E-state index contributed by atoms with van der Waals surface area (Å²) in [6.45, 7) is 0. The van der Waals surface area contributed by atoms with E-state index in [1.807, 2.05) is 0 Å². The summed E-state index contributed by atoms with van der Waals surface area (Å²) in [6.07, 6.45) is 10.2. The Labute approximate surface area is 144 Å². The normalized spacial score (nSPS) is 15.4. The van der Waals surface area contributed by atoms with Gasteiger partial charge in [0.05, 0.1) is 0 Å². The van der Waals surface area contributed by atoms with Crippen LogP contribution in [-0.2, 0) is 6.42 Å². The van der Waals surface area contributed by atoms with E-state index in [2.05, 4.69) is 72.8 Å². The van der Waals surface area contributed by atoms with Gasteiger partial charge < -0.3 is 0 Å². The molecule has 2 aliphatic rings. The Morgan fingerprint density at radius 3 is 1.96 bits per heavy atom. The lowest BCUT2D eigenvalue weighted by Gasteiger charge is -2.19. The molecule has 0 saturated carbocycles. The van der Waals surface area contributed by atoms with E-state index in [-0.39, 0.29) is 0 Å². The van der Waals surface area contributed by atoms with E-state index in [9.17, 15) is 0 Å². The number of allylic oxidation sites excluding steroid dienone is 3. The second-order valence-electron chi connectivity index (χ2n) is 7.38. The minimum atomic E-state index is 1.02. The Kier molecular flexibility index (Phi) is 1.92. The van der Waals surface area contributed by atoms with E-state index in [1.54, 1.807) is 0 Å². The van der Waals surface area contributed by atoms with E-state index in [4.69, 9.17) is 0 Å². The Morgan fingerprint density at radius 1 is 0.520 bits per heavy atom. The average molecular weight is 314 g/mol. The van der Waals surface area contributed by atoms with E-state index >= 15 is 0 Å². The van der Waals surface area contributed by atoms with Crippen molar-refractivity contribution in [2.24, 2.45) is 0 Å². The molecule has 5 aromatic carbocycles. The van der Waals surface area contributed by atoms with Crippen molar-refractivity contribution >= 4 is 55.2 Å². The summed E-state index contributed by atoms with van der Waals surface area (Å²) in [6, 6.07) is 18.3. The summed E-state index contributed by atoms with van der Waals surface area (Å²) in [5.74, 6) is 0. The van der Waals surface area contributed by atoms with Crippen LogP contribution in [0.25, 0.3) is 55.2 Å². The molecule has 0 heterocycles. The van der Waals surface area contributed by atoms with Crippen molar-refractivity contribution in [1.82, 2.24) is 0 Å². The van der Waals surface area contributed by atoms with Crippen molar-refractivity contribution < 1.29 is 0 Å². The lowest BCUT2D eigenvalue weighted by Crippen LogP contribution is -2.05. The number of rotatable bonds is 0. The zero-order chi connectivity index (χ0) is 16.1. The molecule has 0 N–H and O–H groups in total. The fraction of sp³-hybridized carbons (Fsp3) is 0.0400. The summed E-state index contributed by atoms with van der Waals surface area (Å²) < 4.78 is 0. The van der Waals surface area contributed by atoms with Crippen LogP contribution in [0, 0.1) is 0 Å². The lowest BCUT2D eigenvalue weighted by molar-refractivity contribution is 1.26. The Bertz CT molecular complexity index is 1490. The van der Waals surface area contributed by atoms with Crippen LogP contribution in [0.4, 0.5) is 0 Å². The van der Waals surface area contributed by atoms with Gasteiger partial charge in [-0.2, -0.15) is 0 Å². The molecule has 0 radical (unpaired) electrons. The topological polar surface area (TPSA) is 0 Å². The van der Waals surface area contributed by atoms with Gasteiger partial charge in [0.15, 0.2) is 0 Å². The second kappa shape index (κ2) is 3.92. The predicted molar refractivity (Wildman–Crippen MR) is 108 cm³/mol. The van der Waals surface area contributed by atoms with Crippen LogP contribution < -0.4 is 5.22 Å². The van der Waals surface area contributed by atoms with Crippen molar-refractivity contribution in [3.05, 3.63) is 82.6 Å². The first kappa shape index (κ1) is 12.3.